The van der Waals surface area contributed by atoms with Crippen LogP contribution in [0, 0.1) is 29.1 Å². The van der Waals surface area contributed by atoms with Gasteiger partial charge in [0.25, 0.3) is 0 Å². The number of rotatable bonds is 10. The van der Waals surface area contributed by atoms with E-state index in [0.717, 1.165) is 0 Å². The van der Waals surface area contributed by atoms with Crippen molar-refractivity contribution >= 4 is 20.5 Å². The normalized spacial score (nSPS) is 12.0. The number of carbonyl (C=O) groups is 1. The van der Waals surface area contributed by atoms with E-state index in [0.29, 0.717) is 12.5 Å². The Kier molecular flexibility index (Phi) is 9.46. The maximum Gasteiger partial charge on any atom is 0.501 e. The SMILES string of the molecule is CO[Si](CCCNC(=O)Nc1c(F)c(F)c(F)c(F)c1F)(OC(C)C)OC(C)C. The van der Waals surface area contributed by atoms with Crippen molar-refractivity contribution in [3.63, 3.8) is 0 Å². The minimum absolute atomic E-state index is 0.0161. The monoisotopic (exact) mass is 444 g/mol. The van der Waals surface area contributed by atoms with E-state index in [1.165, 1.54) is 7.11 Å². The van der Waals surface area contributed by atoms with Gasteiger partial charge >= 0.3 is 14.8 Å². The first-order chi connectivity index (χ1) is 13.4. The highest BCUT2D eigenvalue weighted by Crippen LogP contribution is 2.27. The summed E-state index contributed by atoms with van der Waals surface area (Å²) in [4.78, 5) is 11.8. The Morgan fingerprint density at radius 2 is 1.34 bits per heavy atom. The molecule has 0 aliphatic carbocycles. The van der Waals surface area contributed by atoms with Gasteiger partial charge in [0.2, 0.25) is 5.82 Å². The van der Waals surface area contributed by atoms with Crippen molar-refractivity contribution in [3.05, 3.63) is 29.1 Å². The van der Waals surface area contributed by atoms with Crippen LogP contribution in [0.3, 0.4) is 0 Å². The average Bonchev–Trinajstić information content (AvgIpc) is 2.64. The summed E-state index contributed by atoms with van der Waals surface area (Å²) >= 11 is 0. The molecule has 0 fully saturated rings. The van der Waals surface area contributed by atoms with Crippen LogP contribution in [0.2, 0.25) is 6.04 Å². The summed E-state index contributed by atoms with van der Waals surface area (Å²) in [6, 6.07) is -0.796. The molecule has 166 valence electrons. The Morgan fingerprint density at radius 1 is 0.897 bits per heavy atom. The smallest absolute Gasteiger partial charge is 0.377 e. The lowest BCUT2D eigenvalue weighted by Crippen LogP contribution is -2.48. The van der Waals surface area contributed by atoms with E-state index < -0.39 is 49.6 Å². The number of hydrogen-bond acceptors (Lipinski definition) is 4. The highest BCUT2D eigenvalue weighted by molar-refractivity contribution is 6.60. The molecule has 0 atom stereocenters. The molecular formula is C17H25F5N2O4Si. The van der Waals surface area contributed by atoms with Crippen molar-refractivity contribution in [2.45, 2.75) is 52.4 Å². The molecule has 0 aliphatic rings. The van der Waals surface area contributed by atoms with Gasteiger partial charge in [-0.25, -0.2) is 26.7 Å². The number of halogens is 5. The van der Waals surface area contributed by atoms with Crippen LogP contribution in [0.4, 0.5) is 32.4 Å². The van der Waals surface area contributed by atoms with Crippen LogP contribution in [0.15, 0.2) is 0 Å². The Balaban J connectivity index is 2.70. The van der Waals surface area contributed by atoms with Crippen molar-refractivity contribution < 1.29 is 40.0 Å². The molecule has 2 amide bonds. The number of anilines is 1. The number of amides is 2. The maximum absolute atomic E-state index is 13.6. The first-order valence-corrected chi connectivity index (χ1v) is 10.8. The molecule has 0 radical (unpaired) electrons. The number of urea groups is 1. The molecule has 0 saturated carbocycles. The van der Waals surface area contributed by atoms with Crippen molar-refractivity contribution in [2.24, 2.45) is 0 Å². The molecule has 0 heterocycles. The Labute approximate surface area is 167 Å². The lowest BCUT2D eigenvalue weighted by Gasteiger charge is -2.31. The number of nitrogens with one attached hydrogen (secondary N) is 2. The summed E-state index contributed by atoms with van der Waals surface area (Å²) in [5, 5.41) is 3.91. The summed E-state index contributed by atoms with van der Waals surface area (Å²) in [5.41, 5.74) is -1.43. The predicted octanol–water partition coefficient (Wildman–Crippen LogP) is 4.33. The Bertz CT molecular complexity index is 683. The van der Waals surface area contributed by atoms with Crippen molar-refractivity contribution in [3.8, 4) is 0 Å². The van der Waals surface area contributed by atoms with Crippen molar-refractivity contribution in [1.82, 2.24) is 5.32 Å². The number of carbonyl (C=O) groups excluding carboxylic acids is 1. The van der Waals surface area contributed by atoms with Crippen LogP contribution in [0.25, 0.3) is 0 Å². The van der Waals surface area contributed by atoms with E-state index in [2.05, 4.69) is 5.32 Å². The largest absolute Gasteiger partial charge is 0.501 e. The van der Waals surface area contributed by atoms with Crippen molar-refractivity contribution in [2.75, 3.05) is 19.0 Å². The van der Waals surface area contributed by atoms with Gasteiger partial charge in [0.1, 0.15) is 5.69 Å². The Morgan fingerprint density at radius 3 is 1.76 bits per heavy atom. The summed E-state index contributed by atoms with van der Waals surface area (Å²) in [6.07, 6.45) is 0.000928. The molecule has 0 saturated heterocycles. The van der Waals surface area contributed by atoms with E-state index in [4.69, 9.17) is 13.3 Å². The molecule has 1 aromatic rings. The van der Waals surface area contributed by atoms with Gasteiger partial charge in [-0.1, -0.05) is 0 Å². The molecule has 29 heavy (non-hydrogen) atoms. The van der Waals surface area contributed by atoms with Crippen LogP contribution in [0.1, 0.15) is 34.1 Å². The molecule has 0 aliphatic heterocycles. The molecule has 6 nitrogen and oxygen atoms in total. The third-order valence-corrected chi connectivity index (χ3v) is 6.78. The van der Waals surface area contributed by atoms with Crippen LogP contribution in [0.5, 0.6) is 0 Å². The molecule has 1 rings (SSSR count). The zero-order chi connectivity index (χ0) is 22.4. The summed E-state index contributed by atoms with van der Waals surface area (Å²) < 4.78 is 83.7. The van der Waals surface area contributed by atoms with E-state index in [1.54, 1.807) is 5.32 Å². The molecule has 0 aromatic heterocycles. The molecular weight excluding hydrogens is 419 g/mol. The second kappa shape index (κ2) is 10.9. The minimum atomic E-state index is -3.01. The highest BCUT2D eigenvalue weighted by atomic mass is 28.4. The average molecular weight is 444 g/mol. The molecule has 12 heteroatoms. The van der Waals surface area contributed by atoms with E-state index in [-0.39, 0.29) is 18.8 Å². The minimum Gasteiger partial charge on any atom is -0.377 e. The summed E-state index contributed by atoms with van der Waals surface area (Å²) in [5.74, 6) is -10.9. The molecule has 0 bridgehead atoms. The van der Waals surface area contributed by atoms with Gasteiger partial charge in [-0.15, -0.1) is 0 Å². The van der Waals surface area contributed by atoms with E-state index >= 15 is 0 Å². The number of hydrogen-bond donors (Lipinski definition) is 2. The van der Waals surface area contributed by atoms with E-state index in [9.17, 15) is 26.7 Å². The fourth-order valence-electron chi connectivity index (χ4n) is 2.44. The maximum atomic E-state index is 13.6. The van der Waals surface area contributed by atoms with Crippen LogP contribution in [-0.4, -0.2) is 40.7 Å². The van der Waals surface area contributed by atoms with Crippen molar-refractivity contribution in [1.29, 1.82) is 0 Å². The van der Waals surface area contributed by atoms with Gasteiger partial charge in [0.15, 0.2) is 23.3 Å². The van der Waals surface area contributed by atoms with Gasteiger partial charge in [-0.05, 0) is 34.1 Å². The fraction of sp³-hybridized carbons (Fsp3) is 0.588. The predicted molar refractivity (Wildman–Crippen MR) is 97.9 cm³/mol. The van der Waals surface area contributed by atoms with Crippen LogP contribution < -0.4 is 10.6 Å². The van der Waals surface area contributed by atoms with Gasteiger partial charge < -0.3 is 23.9 Å². The van der Waals surface area contributed by atoms with Crippen LogP contribution >= 0.6 is 0 Å². The van der Waals surface area contributed by atoms with E-state index in [1.807, 2.05) is 27.7 Å². The van der Waals surface area contributed by atoms with Gasteiger partial charge in [0.05, 0.1) is 0 Å². The standard InChI is InChI=1S/C17H25F5N2O4Si/c1-9(2)27-29(26-5,28-10(3)4)8-6-7-23-17(25)24-16-14(21)12(19)11(18)13(20)15(16)22/h9-10H,6-8H2,1-5H3,(H2,23,24,25). The third-order valence-electron chi connectivity index (χ3n) is 3.54. The first-order valence-electron chi connectivity index (χ1n) is 8.91. The molecule has 2 N–H and O–H groups in total. The molecule has 0 spiro atoms. The summed E-state index contributed by atoms with van der Waals surface area (Å²) in [7, 11) is -1.55. The molecule has 0 unspecified atom stereocenters. The van der Waals surface area contributed by atoms with Crippen LogP contribution in [-0.2, 0) is 13.3 Å². The highest BCUT2D eigenvalue weighted by Gasteiger charge is 2.41. The van der Waals surface area contributed by atoms with Gasteiger partial charge in [-0.3, -0.25) is 0 Å². The topological polar surface area (TPSA) is 68.8 Å². The quantitative estimate of drug-likeness (QED) is 0.185. The Hall–Kier alpha value is -1.76. The lowest BCUT2D eigenvalue weighted by atomic mass is 10.2. The van der Waals surface area contributed by atoms with Gasteiger partial charge in [-0.2, -0.15) is 0 Å². The zero-order valence-electron chi connectivity index (χ0n) is 16.8. The lowest BCUT2D eigenvalue weighted by molar-refractivity contribution is 0.0325. The second-order valence-electron chi connectivity index (χ2n) is 6.65. The fourth-order valence-corrected chi connectivity index (χ4v) is 5.18. The first kappa shape index (κ1) is 25.3. The third kappa shape index (κ3) is 6.91. The number of benzene rings is 1. The van der Waals surface area contributed by atoms with Gasteiger partial charge in [0, 0.05) is 31.9 Å². The molecule has 1 aromatic carbocycles. The second-order valence-corrected chi connectivity index (χ2v) is 9.40. The summed E-state index contributed by atoms with van der Waals surface area (Å²) in [6.45, 7) is 7.29. The zero-order valence-corrected chi connectivity index (χ0v) is 17.8.